The standard InChI is InChI=1S/C23H29N5O2/c1-23(2,3)28-22(26-16-24)27-19-10-6-8-17(14-19)20(11-4-5-12-21(29)30)18-9-7-13-25-15-18/h6-10,13-15,20H,4-5,11-12H2,1-3H3,(H,29,30)(H2,26,27,28). The summed E-state index contributed by atoms with van der Waals surface area (Å²) >= 11 is 0. The van der Waals surface area contributed by atoms with Crippen LogP contribution in [0.4, 0.5) is 5.69 Å². The van der Waals surface area contributed by atoms with Gasteiger partial charge in [-0.3, -0.25) is 9.78 Å². The molecule has 1 unspecified atom stereocenters. The van der Waals surface area contributed by atoms with Crippen LogP contribution in [0.5, 0.6) is 0 Å². The Morgan fingerprint density at radius 1 is 1.23 bits per heavy atom. The van der Waals surface area contributed by atoms with Gasteiger partial charge in [0.25, 0.3) is 0 Å². The van der Waals surface area contributed by atoms with Crippen LogP contribution in [-0.4, -0.2) is 27.6 Å². The lowest BCUT2D eigenvalue weighted by molar-refractivity contribution is -0.137. The summed E-state index contributed by atoms with van der Waals surface area (Å²) in [5, 5.41) is 24.3. The van der Waals surface area contributed by atoms with Gasteiger partial charge in [-0.25, -0.2) is 0 Å². The van der Waals surface area contributed by atoms with E-state index in [9.17, 15) is 4.79 Å². The maximum atomic E-state index is 10.8. The van der Waals surface area contributed by atoms with Crippen molar-refractivity contribution in [2.24, 2.45) is 4.99 Å². The summed E-state index contributed by atoms with van der Waals surface area (Å²) in [6.45, 7) is 5.98. The van der Waals surface area contributed by atoms with Crippen molar-refractivity contribution >= 4 is 17.6 Å². The summed E-state index contributed by atoms with van der Waals surface area (Å²) in [6, 6.07) is 11.9. The molecule has 1 atom stereocenters. The van der Waals surface area contributed by atoms with Crippen LogP contribution in [0.15, 0.2) is 53.8 Å². The first-order valence-corrected chi connectivity index (χ1v) is 10.0. The molecule has 2 rings (SSSR count). The Morgan fingerprint density at radius 2 is 2.00 bits per heavy atom. The predicted molar refractivity (Wildman–Crippen MR) is 118 cm³/mol. The first kappa shape index (κ1) is 22.9. The fraction of sp³-hybridized carbons (Fsp3) is 0.391. The van der Waals surface area contributed by atoms with Gasteiger partial charge in [0, 0.05) is 36.0 Å². The Bertz CT molecular complexity index is 898. The molecule has 30 heavy (non-hydrogen) atoms. The summed E-state index contributed by atoms with van der Waals surface area (Å²) in [5.74, 6) is -0.280. The van der Waals surface area contributed by atoms with Gasteiger partial charge in [-0.15, -0.1) is 4.99 Å². The number of carboxylic acids is 1. The Labute approximate surface area is 177 Å². The minimum atomic E-state index is -0.769. The van der Waals surface area contributed by atoms with E-state index in [1.165, 1.54) is 0 Å². The molecular formula is C23H29N5O2. The van der Waals surface area contributed by atoms with Crippen molar-refractivity contribution in [2.75, 3.05) is 5.32 Å². The van der Waals surface area contributed by atoms with E-state index in [4.69, 9.17) is 10.4 Å². The van der Waals surface area contributed by atoms with Crippen molar-refractivity contribution in [3.05, 3.63) is 59.9 Å². The van der Waals surface area contributed by atoms with Gasteiger partial charge in [0.2, 0.25) is 12.2 Å². The first-order chi connectivity index (χ1) is 14.3. The molecule has 0 saturated carbocycles. The number of nitriles is 1. The van der Waals surface area contributed by atoms with Gasteiger partial charge in [0.15, 0.2) is 0 Å². The molecular weight excluding hydrogens is 378 g/mol. The lowest BCUT2D eigenvalue weighted by Gasteiger charge is -2.24. The molecule has 0 aliphatic carbocycles. The van der Waals surface area contributed by atoms with Crippen LogP contribution < -0.4 is 10.6 Å². The molecule has 2 aromatic rings. The molecule has 0 spiro atoms. The van der Waals surface area contributed by atoms with Crippen LogP contribution in [0.2, 0.25) is 0 Å². The van der Waals surface area contributed by atoms with Crippen LogP contribution in [0.3, 0.4) is 0 Å². The molecule has 158 valence electrons. The maximum absolute atomic E-state index is 10.8. The minimum absolute atomic E-state index is 0.0983. The molecule has 7 nitrogen and oxygen atoms in total. The number of guanidine groups is 1. The summed E-state index contributed by atoms with van der Waals surface area (Å²) in [6.07, 6.45) is 7.85. The molecule has 1 aromatic carbocycles. The largest absolute Gasteiger partial charge is 0.481 e. The zero-order chi connectivity index (χ0) is 22.0. The number of carbonyl (C=O) groups is 1. The number of aliphatic imine (C=N–C) groups is 1. The third-order valence-electron chi connectivity index (χ3n) is 4.43. The van der Waals surface area contributed by atoms with Crippen molar-refractivity contribution in [2.45, 2.75) is 57.9 Å². The number of benzene rings is 1. The van der Waals surface area contributed by atoms with E-state index in [-0.39, 0.29) is 17.9 Å². The summed E-state index contributed by atoms with van der Waals surface area (Å²) < 4.78 is 0. The van der Waals surface area contributed by atoms with E-state index < -0.39 is 5.97 Å². The van der Waals surface area contributed by atoms with Gasteiger partial charge >= 0.3 is 5.97 Å². The second kappa shape index (κ2) is 11.0. The normalized spacial score (nSPS) is 12.7. The van der Waals surface area contributed by atoms with E-state index in [1.54, 1.807) is 6.20 Å². The average molecular weight is 408 g/mol. The van der Waals surface area contributed by atoms with Gasteiger partial charge in [0.1, 0.15) is 0 Å². The van der Waals surface area contributed by atoms with Crippen molar-refractivity contribution in [1.82, 2.24) is 10.3 Å². The van der Waals surface area contributed by atoms with E-state index >= 15 is 0 Å². The maximum Gasteiger partial charge on any atom is 0.303 e. The molecule has 1 aromatic heterocycles. The number of unbranched alkanes of at least 4 members (excludes halogenated alkanes) is 1. The quantitative estimate of drug-likeness (QED) is 0.257. The highest BCUT2D eigenvalue weighted by Gasteiger charge is 2.17. The molecule has 0 amide bonds. The monoisotopic (exact) mass is 407 g/mol. The molecule has 3 N–H and O–H groups in total. The Balaban J connectivity index is 2.24. The van der Waals surface area contributed by atoms with Crippen LogP contribution in [0.1, 0.15) is 63.5 Å². The molecule has 0 aliphatic rings. The van der Waals surface area contributed by atoms with Crippen molar-refractivity contribution in [3.63, 3.8) is 0 Å². The highest BCUT2D eigenvalue weighted by Crippen LogP contribution is 2.31. The lowest BCUT2D eigenvalue weighted by atomic mass is 9.87. The fourth-order valence-corrected chi connectivity index (χ4v) is 3.19. The molecule has 7 heteroatoms. The van der Waals surface area contributed by atoms with Crippen molar-refractivity contribution in [3.8, 4) is 6.19 Å². The van der Waals surface area contributed by atoms with E-state index in [1.807, 2.05) is 63.5 Å². The van der Waals surface area contributed by atoms with Crippen molar-refractivity contribution < 1.29 is 9.90 Å². The average Bonchev–Trinajstić information content (AvgIpc) is 2.67. The highest BCUT2D eigenvalue weighted by molar-refractivity contribution is 5.94. The minimum Gasteiger partial charge on any atom is -0.481 e. The number of rotatable bonds is 8. The SMILES string of the molecule is CC(C)(C)NC(=NC#N)Nc1cccc(C(CCCCC(=O)O)c2cccnc2)c1. The van der Waals surface area contributed by atoms with Gasteiger partial charge < -0.3 is 15.7 Å². The number of anilines is 1. The summed E-state index contributed by atoms with van der Waals surface area (Å²) in [4.78, 5) is 18.9. The van der Waals surface area contributed by atoms with Gasteiger partial charge in [-0.05, 0) is 62.9 Å². The van der Waals surface area contributed by atoms with E-state index in [2.05, 4.69) is 26.7 Å². The number of nitrogens with zero attached hydrogens (tertiary/aromatic N) is 3. The number of hydrogen-bond donors (Lipinski definition) is 3. The number of aliphatic carboxylic acids is 1. The van der Waals surface area contributed by atoms with E-state index in [0.29, 0.717) is 12.4 Å². The van der Waals surface area contributed by atoms with E-state index in [0.717, 1.165) is 29.7 Å². The highest BCUT2D eigenvalue weighted by atomic mass is 16.4. The van der Waals surface area contributed by atoms with Crippen LogP contribution in [0.25, 0.3) is 0 Å². The number of carboxylic acid groups (broad SMARTS) is 1. The predicted octanol–water partition coefficient (Wildman–Crippen LogP) is 4.50. The summed E-state index contributed by atoms with van der Waals surface area (Å²) in [5.41, 5.74) is 2.75. The smallest absolute Gasteiger partial charge is 0.303 e. The van der Waals surface area contributed by atoms with Crippen molar-refractivity contribution in [1.29, 1.82) is 5.26 Å². The molecule has 0 fully saturated rings. The third kappa shape index (κ3) is 7.92. The number of pyridine rings is 1. The number of hydrogen-bond acceptors (Lipinski definition) is 4. The zero-order valence-electron chi connectivity index (χ0n) is 17.7. The molecule has 1 heterocycles. The zero-order valence-corrected chi connectivity index (χ0v) is 17.7. The topological polar surface area (TPSA) is 110 Å². The molecule has 0 radical (unpaired) electrons. The lowest BCUT2D eigenvalue weighted by Crippen LogP contribution is -2.44. The van der Waals surface area contributed by atoms with Crippen LogP contribution in [-0.2, 0) is 4.79 Å². The Hall–Kier alpha value is -3.40. The second-order valence-electron chi connectivity index (χ2n) is 8.16. The van der Waals surface area contributed by atoms with Crippen LogP contribution >= 0.6 is 0 Å². The molecule has 0 bridgehead atoms. The fourth-order valence-electron chi connectivity index (χ4n) is 3.19. The van der Waals surface area contributed by atoms with Gasteiger partial charge in [-0.2, -0.15) is 5.26 Å². The van der Waals surface area contributed by atoms with Crippen LogP contribution in [0, 0.1) is 11.5 Å². The molecule has 0 aliphatic heterocycles. The second-order valence-corrected chi connectivity index (χ2v) is 8.16. The Kier molecular flexibility index (Phi) is 8.36. The third-order valence-corrected chi connectivity index (χ3v) is 4.43. The number of aromatic nitrogens is 1. The molecule has 0 saturated heterocycles. The first-order valence-electron chi connectivity index (χ1n) is 10.0. The Morgan fingerprint density at radius 3 is 2.63 bits per heavy atom. The van der Waals surface area contributed by atoms with Gasteiger partial charge in [-0.1, -0.05) is 24.6 Å². The number of nitrogens with one attached hydrogen (secondary N) is 2. The summed E-state index contributed by atoms with van der Waals surface area (Å²) in [7, 11) is 0. The van der Waals surface area contributed by atoms with Gasteiger partial charge in [0.05, 0.1) is 0 Å².